The van der Waals surface area contributed by atoms with E-state index in [2.05, 4.69) is 39.4 Å². The van der Waals surface area contributed by atoms with Crippen molar-refractivity contribution in [3.8, 4) is 22.2 Å². The molecule has 2 aliphatic carbocycles. The van der Waals surface area contributed by atoms with Crippen LogP contribution in [0.5, 0.6) is 11.5 Å². The Morgan fingerprint density at radius 2 is 1.87 bits per heavy atom. The van der Waals surface area contributed by atoms with Crippen LogP contribution in [0.1, 0.15) is 112 Å². The van der Waals surface area contributed by atoms with Crippen LogP contribution in [0, 0.1) is 19.8 Å². The number of benzene rings is 1. The highest BCUT2D eigenvalue weighted by atomic mass is 32.2. The van der Waals surface area contributed by atoms with Crippen molar-refractivity contribution in [2.75, 3.05) is 13.7 Å². The molecule has 4 aliphatic rings. The van der Waals surface area contributed by atoms with Gasteiger partial charge in [0.25, 0.3) is 5.91 Å². The lowest BCUT2D eigenvalue weighted by Gasteiger charge is -2.29. The van der Waals surface area contributed by atoms with E-state index in [4.69, 9.17) is 23.9 Å². The first-order valence-corrected chi connectivity index (χ1v) is 23.5. The summed E-state index contributed by atoms with van der Waals surface area (Å²) in [4.78, 5) is 68.2. The number of aryl methyl sites for hydroxylation is 2. The lowest BCUT2D eigenvalue weighted by atomic mass is 10.0. The monoisotopic (exact) mass is 888 g/mol. The number of allylic oxidation sites excluding steroid dienone is 1. The molecule has 3 fully saturated rings. The Kier molecular flexibility index (Phi) is 11.6. The summed E-state index contributed by atoms with van der Waals surface area (Å²) < 4.78 is 45.6. The maximum absolute atomic E-state index is 14.8. The zero-order valence-corrected chi connectivity index (χ0v) is 37.3. The van der Waals surface area contributed by atoms with E-state index in [0.717, 1.165) is 24.1 Å². The highest BCUT2D eigenvalue weighted by Gasteiger charge is 2.63. The van der Waals surface area contributed by atoms with Gasteiger partial charge in [0.05, 0.1) is 29.6 Å². The maximum Gasteiger partial charge on any atom is 0.309 e. The number of ether oxygens (including phenoxy) is 2. The number of hydrogen-bond acceptors (Lipinski definition) is 14. The maximum atomic E-state index is 14.8. The minimum Gasteiger partial charge on any atom is -0.496 e. The van der Waals surface area contributed by atoms with Crippen molar-refractivity contribution in [2.45, 2.75) is 127 Å². The average molecular weight is 889 g/mol. The Bertz CT molecular complexity index is 2570. The van der Waals surface area contributed by atoms with Crippen LogP contribution in [0.15, 0.2) is 40.1 Å². The number of nitrogens with one attached hydrogen (secondary N) is 3. The second kappa shape index (κ2) is 16.7. The van der Waals surface area contributed by atoms with Gasteiger partial charge >= 0.3 is 11.8 Å². The molecule has 19 heteroatoms. The van der Waals surface area contributed by atoms with Gasteiger partial charge in [0.2, 0.25) is 27.7 Å². The van der Waals surface area contributed by atoms with E-state index >= 15 is 0 Å². The number of pyridine rings is 1. The third-order valence-electron chi connectivity index (χ3n) is 12.5. The molecule has 8 rings (SSSR count). The molecule has 330 valence electrons. The molecule has 3 aromatic heterocycles. The van der Waals surface area contributed by atoms with Crippen molar-refractivity contribution < 1.29 is 41.5 Å². The smallest absolute Gasteiger partial charge is 0.309 e. The third kappa shape index (κ3) is 8.40. The lowest BCUT2D eigenvalue weighted by Crippen LogP contribution is -2.58. The molecular weight excluding hydrogens is 837 g/mol. The summed E-state index contributed by atoms with van der Waals surface area (Å²) in [6.45, 7) is 9.12. The molecule has 5 atom stereocenters. The minimum atomic E-state index is -4.03. The van der Waals surface area contributed by atoms with Gasteiger partial charge in [-0.15, -0.1) is 21.5 Å². The number of fused-ring (bicyclic) bond motifs is 3. The molecule has 1 aromatic carbocycles. The van der Waals surface area contributed by atoms with Crippen LogP contribution < -0.4 is 24.8 Å². The first kappa shape index (κ1) is 43.2. The second-order valence-electron chi connectivity index (χ2n) is 17.4. The van der Waals surface area contributed by atoms with E-state index in [1.165, 1.54) is 16.2 Å². The van der Waals surface area contributed by atoms with E-state index in [9.17, 15) is 27.6 Å². The number of hydrogen-bond donors (Lipinski definition) is 3. The van der Waals surface area contributed by atoms with Crippen molar-refractivity contribution in [2.24, 2.45) is 5.92 Å². The number of thiazole rings is 1. The summed E-state index contributed by atoms with van der Waals surface area (Å²) >= 11 is 1.47. The van der Waals surface area contributed by atoms with Gasteiger partial charge in [-0.1, -0.05) is 38.8 Å². The predicted octanol–water partition coefficient (Wildman–Crippen LogP) is 5.03. The first-order chi connectivity index (χ1) is 29.5. The summed E-state index contributed by atoms with van der Waals surface area (Å²) in [6, 6.07) is 3.24. The van der Waals surface area contributed by atoms with Crippen molar-refractivity contribution in [1.29, 1.82) is 0 Å². The number of carbonyl (C=O) groups excluding carboxylic acids is 4. The Balaban J connectivity index is 1.15. The van der Waals surface area contributed by atoms with Crippen LogP contribution in [0.25, 0.3) is 21.6 Å². The van der Waals surface area contributed by atoms with Crippen molar-refractivity contribution in [1.82, 2.24) is 40.4 Å². The third-order valence-corrected chi connectivity index (χ3v) is 15.5. The summed E-state index contributed by atoms with van der Waals surface area (Å²) in [5.74, 6) is -2.02. The largest absolute Gasteiger partial charge is 0.496 e. The van der Waals surface area contributed by atoms with Gasteiger partial charge in [-0.3, -0.25) is 23.9 Å². The fraction of sp³-hybridized carbons (Fsp3) is 0.535. The van der Waals surface area contributed by atoms with Crippen molar-refractivity contribution >= 4 is 55.9 Å². The average Bonchev–Trinajstić information content (AvgIpc) is 3.86. The molecule has 4 amide bonds. The van der Waals surface area contributed by atoms with Crippen LogP contribution in [-0.2, 0) is 24.4 Å². The van der Waals surface area contributed by atoms with Crippen LogP contribution in [-0.4, -0.2) is 99.2 Å². The zero-order chi connectivity index (χ0) is 44.1. The number of nitrogens with zero attached hydrogens (tertiary/aromatic N) is 5. The first-order valence-electron chi connectivity index (χ1n) is 21.1. The summed E-state index contributed by atoms with van der Waals surface area (Å²) in [6.07, 6.45) is 7.08. The molecule has 2 aliphatic heterocycles. The van der Waals surface area contributed by atoms with Crippen LogP contribution in [0.4, 0.5) is 0 Å². The quantitative estimate of drug-likeness (QED) is 0.178. The summed E-state index contributed by atoms with van der Waals surface area (Å²) in [5.41, 5.74) is 1.37. The Morgan fingerprint density at radius 1 is 1.08 bits per heavy atom. The van der Waals surface area contributed by atoms with E-state index in [0.29, 0.717) is 58.8 Å². The number of aromatic nitrogens is 4. The Morgan fingerprint density at radius 3 is 2.56 bits per heavy atom. The van der Waals surface area contributed by atoms with Gasteiger partial charge in [0.1, 0.15) is 45.9 Å². The van der Waals surface area contributed by atoms with Crippen LogP contribution >= 0.6 is 11.3 Å². The SMILES string of the molecule is COc1ccc2c(O[C@@H]3C[C@H]4C(=O)N[C@]5(C(=O)NS(=O)(=O)C6(C)CC6)C[C@H]5/C=C\CCCCC[C@H](NC(=O)c5nnc(C)o5)C(=O)N4C3)cc(-c3nc(C(C)C)cs3)nc2c1C. The molecule has 0 radical (unpaired) electrons. The van der Waals surface area contributed by atoms with E-state index in [1.54, 1.807) is 21.0 Å². The highest BCUT2D eigenvalue weighted by Crippen LogP contribution is 2.48. The Labute approximate surface area is 363 Å². The molecule has 0 bridgehead atoms. The van der Waals surface area contributed by atoms with Gasteiger partial charge in [0, 0.05) is 41.7 Å². The van der Waals surface area contributed by atoms with Crippen LogP contribution in [0.2, 0.25) is 0 Å². The van der Waals surface area contributed by atoms with Gasteiger partial charge in [-0.25, -0.2) is 18.4 Å². The normalized spacial score (nSPS) is 25.5. The van der Waals surface area contributed by atoms with Crippen LogP contribution in [0.3, 0.4) is 0 Å². The Hall–Kier alpha value is -5.43. The molecule has 1 saturated heterocycles. The fourth-order valence-corrected chi connectivity index (χ4v) is 10.5. The highest BCUT2D eigenvalue weighted by molar-refractivity contribution is 7.91. The number of carbonyl (C=O) groups is 4. The number of sulfonamides is 1. The molecule has 3 N–H and O–H groups in total. The standard InChI is InChI=1S/C43H52N8O9S2/c1-23(2)31-22-61-39(46-31)30-19-34(28-14-15-33(58-6)24(3)35(28)44-30)60-27-18-32-36(52)47-43(41(55)50-62(56,57)42(5)16-17-42)20-26(43)12-10-8-7-9-11-13-29(40(54)51(32)21-27)45-37(53)38-49-48-25(4)59-38/h10,12,14-15,19,22-23,26-27,29,32H,7-9,11,13,16-18,20-21H2,1-6H3,(H,45,53)(H,47,52)(H,50,55)/b12-10-/t26-,27-,29+,32+,43-/m1/s1. The van der Waals surface area contributed by atoms with Crippen molar-refractivity contribution in [3.05, 3.63) is 58.8 Å². The van der Waals surface area contributed by atoms with Gasteiger partial charge < -0.3 is 29.4 Å². The zero-order valence-electron chi connectivity index (χ0n) is 35.6. The topological polar surface area (TPSA) is 225 Å². The molecule has 2 saturated carbocycles. The molecule has 4 aromatic rings. The van der Waals surface area contributed by atoms with E-state index < -0.39 is 68.0 Å². The number of methoxy groups -OCH3 is 1. The van der Waals surface area contributed by atoms with E-state index in [1.807, 2.05) is 42.7 Å². The van der Waals surface area contributed by atoms with Gasteiger partial charge in [-0.2, -0.15) is 0 Å². The van der Waals surface area contributed by atoms with Crippen molar-refractivity contribution in [3.63, 3.8) is 0 Å². The lowest BCUT2D eigenvalue weighted by molar-refractivity contribution is -0.141. The molecule has 0 spiro atoms. The van der Waals surface area contributed by atoms with Gasteiger partial charge in [-0.05, 0) is 70.4 Å². The minimum absolute atomic E-state index is 0.0126. The number of rotatable bonds is 10. The molecule has 62 heavy (non-hydrogen) atoms. The molecular formula is C43H52N8O9S2. The second-order valence-corrected chi connectivity index (χ2v) is 20.4. The summed E-state index contributed by atoms with van der Waals surface area (Å²) in [5, 5.41) is 16.7. The molecule has 0 unspecified atom stereocenters. The molecule has 17 nitrogen and oxygen atoms in total. The summed E-state index contributed by atoms with van der Waals surface area (Å²) in [7, 11) is -2.44. The molecule has 5 heterocycles. The number of amides is 4. The van der Waals surface area contributed by atoms with E-state index in [-0.39, 0.29) is 43.5 Å². The van der Waals surface area contributed by atoms with Gasteiger partial charge in [0.15, 0.2) is 0 Å². The fourth-order valence-electron chi connectivity index (χ4n) is 8.21. The predicted molar refractivity (Wildman–Crippen MR) is 229 cm³/mol.